The van der Waals surface area contributed by atoms with Crippen LogP contribution in [0.4, 0.5) is 0 Å². The Hall–Kier alpha value is -1.11. The maximum atomic E-state index is 6.03. The Bertz CT molecular complexity index is 645. The van der Waals surface area contributed by atoms with Crippen LogP contribution in [0.25, 0.3) is 0 Å². The Labute approximate surface area is 136 Å². The normalized spacial score (nSPS) is 14.4. The van der Waals surface area contributed by atoms with Crippen molar-refractivity contribution < 1.29 is 4.74 Å². The molecule has 3 rings (SSSR count). The third-order valence-corrected chi connectivity index (χ3v) is 4.54. The molecule has 0 saturated heterocycles. The number of thioether (sulfide) groups is 1. The van der Waals surface area contributed by atoms with E-state index in [0.29, 0.717) is 39.2 Å². The van der Waals surface area contributed by atoms with E-state index in [2.05, 4.69) is 10.2 Å². The summed E-state index contributed by atoms with van der Waals surface area (Å²) >= 11 is 13.4. The molecule has 8 heteroatoms. The van der Waals surface area contributed by atoms with Crippen LogP contribution in [0.1, 0.15) is 24.6 Å². The summed E-state index contributed by atoms with van der Waals surface area (Å²) in [5.74, 6) is 8.66. The van der Waals surface area contributed by atoms with E-state index in [1.165, 1.54) is 11.8 Å². The Morgan fingerprint density at radius 3 is 2.86 bits per heavy atom. The van der Waals surface area contributed by atoms with Crippen LogP contribution in [-0.4, -0.2) is 27.2 Å². The fraction of sp³-hybridized carbons (Fsp3) is 0.385. The molecule has 1 aromatic heterocycles. The number of hydrogen-bond acceptors (Lipinski definition) is 5. The first-order valence-corrected chi connectivity index (χ1v) is 8.30. The number of nitrogens with zero attached hydrogens (tertiary/aromatic N) is 3. The Kier molecular flexibility index (Phi) is 4.47. The van der Waals surface area contributed by atoms with Crippen molar-refractivity contribution >= 4 is 35.0 Å². The molecule has 1 heterocycles. The summed E-state index contributed by atoms with van der Waals surface area (Å²) in [6.45, 7) is 0.498. The highest BCUT2D eigenvalue weighted by atomic mass is 35.5. The zero-order valence-electron chi connectivity index (χ0n) is 11.1. The molecular weight excluding hydrogens is 331 g/mol. The molecule has 0 radical (unpaired) electrons. The molecular formula is C13H14Cl2N4OS. The van der Waals surface area contributed by atoms with Crippen molar-refractivity contribution in [1.29, 1.82) is 0 Å². The highest BCUT2D eigenvalue weighted by Crippen LogP contribution is 2.39. The van der Waals surface area contributed by atoms with Gasteiger partial charge in [-0.05, 0) is 31.0 Å². The Morgan fingerprint density at radius 2 is 2.14 bits per heavy atom. The number of hydrogen-bond donors (Lipinski definition) is 1. The average Bonchev–Trinajstić information content (AvgIpc) is 3.22. The summed E-state index contributed by atoms with van der Waals surface area (Å²) < 4.78 is 7.19. The molecule has 0 spiro atoms. The summed E-state index contributed by atoms with van der Waals surface area (Å²) in [6, 6.07) is 5.16. The summed E-state index contributed by atoms with van der Waals surface area (Å²) in [5.41, 5.74) is 0. The molecule has 0 bridgehead atoms. The number of benzene rings is 1. The molecule has 0 unspecified atom stereocenters. The van der Waals surface area contributed by atoms with Gasteiger partial charge in [-0.2, -0.15) is 0 Å². The van der Waals surface area contributed by atoms with E-state index >= 15 is 0 Å². The van der Waals surface area contributed by atoms with Crippen molar-refractivity contribution in [3.05, 3.63) is 34.1 Å². The van der Waals surface area contributed by atoms with Gasteiger partial charge in [0.05, 0.1) is 11.6 Å². The van der Waals surface area contributed by atoms with Crippen LogP contribution in [0.3, 0.4) is 0 Å². The molecule has 5 nitrogen and oxygen atoms in total. The van der Waals surface area contributed by atoms with E-state index < -0.39 is 0 Å². The molecule has 2 N–H and O–H groups in total. The molecule has 0 atom stereocenters. The van der Waals surface area contributed by atoms with Crippen LogP contribution < -0.4 is 10.6 Å². The molecule has 2 aromatic rings. The van der Waals surface area contributed by atoms with Crippen molar-refractivity contribution in [1.82, 2.24) is 14.9 Å². The first kappa shape index (κ1) is 14.8. The molecule has 1 aliphatic carbocycles. The van der Waals surface area contributed by atoms with Gasteiger partial charge in [-0.15, -0.1) is 10.2 Å². The zero-order valence-corrected chi connectivity index (χ0v) is 13.5. The third kappa shape index (κ3) is 3.56. The number of nitrogens with two attached hydrogens (primary N) is 1. The Balaban J connectivity index is 1.50. The van der Waals surface area contributed by atoms with E-state index in [1.807, 2.05) is 0 Å². The van der Waals surface area contributed by atoms with Crippen LogP contribution in [0.2, 0.25) is 10.0 Å². The molecule has 1 saturated carbocycles. The van der Waals surface area contributed by atoms with Crippen LogP contribution in [-0.2, 0) is 0 Å². The second-order valence-electron chi connectivity index (χ2n) is 4.76. The maximum absolute atomic E-state index is 6.03. The van der Waals surface area contributed by atoms with Crippen molar-refractivity contribution in [2.75, 3.05) is 18.2 Å². The first-order valence-electron chi connectivity index (χ1n) is 6.56. The quantitative estimate of drug-likeness (QED) is 0.494. The van der Waals surface area contributed by atoms with Crippen molar-refractivity contribution in [3.63, 3.8) is 0 Å². The van der Waals surface area contributed by atoms with Crippen molar-refractivity contribution in [3.8, 4) is 5.75 Å². The van der Waals surface area contributed by atoms with Crippen LogP contribution in [0, 0.1) is 0 Å². The second kappa shape index (κ2) is 6.34. The summed E-state index contributed by atoms with van der Waals surface area (Å²) in [7, 11) is 0. The van der Waals surface area contributed by atoms with E-state index in [-0.39, 0.29) is 0 Å². The van der Waals surface area contributed by atoms with Gasteiger partial charge in [0.25, 0.3) is 0 Å². The molecule has 112 valence electrons. The fourth-order valence-electron chi connectivity index (χ4n) is 1.88. The standard InChI is InChI=1S/C13H14Cl2N4OS/c14-9-3-4-11(10(15)7-9)20-5-6-21-13-18-17-12(19(13)16)8-1-2-8/h3-4,7-8H,1-2,5-6,16H2. The number of halogens is 2. The molecule has 0 amide bonds. The monoisotopic (exact) mass is 344 g/mol. The zero-order chi connectivity index (χ0) is 14.8. The lowest BCUT2D eigenvalue weighted by Crippen LogP contribution is -2.14. The van der Waals surface area contributed by atoms with Gasteiger partial charge in [0.1, 0.15) is 5.75 Å². The van der Waals surface area contributed by atoms with Gasteiger partial charge in [-0.25, -0.2) is 4.68 Å². The van der Waals surface area contributed by atoms with Crippen LogP contribution >= 0.6 is 35.0 Å². The van der Waals surface area contributed by atoms with E-state index in [0.717, 1.165) is 18.7 Å². The molecule has 1 aromatic carbocycles. The van der Waals surface area contributed by atoms with Gasteiger partial charge in [0.2, 0.25) is 5.16 Å². The number of ether oxygens (including phenoxy) is 1. The summed E-state index contributed by atoms with van der Waals surface area (Å²) in [6.07, 6.45) is 2.30. The lowest BCUT2D eigenvalue weighted by Gasteiger charge is -2.08. The number of nitrogen functional groups attached to an aromatic ring is 1. The van der Waals surface area contributed by atoms with Gasteiger partial charge in [-0.1, -0.05) is 35.0 Å². The van der Waals surface area contributed by atoms with Crippen molar-refractivity contribution in [2.45, 2.75) is 23.9 Å². The number of rotatable bonds is 6. The third-order valence-electron chi connectivity index (χ3n) is 3.10. The summed E-state index contributed by atoms with van der Waals surface area (Å²) in [5, 5.41) is 10.0. The predicted molar refractivity (Wildman–Crippen MR) is 84.8 cm³/mol. The minimum Gasteiger partial charge on any atom is -0.491 e. The second-order valence-corrected chi connectivity index (χ2v) is 6.66. The van der Waals surface area contributed by atoms with E-state index in [1.54, 1.807) is 22.9 Å². The molecule has 0 aliphatic heterocycles. The highest BCUT2D eigenvalue weighted by molar-refractivity contribution is 7.99. The van der Waals surface area contributed by atoms with Crippen LogP contribution in [0.5, 0.6) is 5.75 Å². The molecule has 21 heavy (non-hydrogen) atoms. The van der Waals surface area contributed by atoms with Gasteiger partial charge in [0.15, 0.2) is 5.82 Å². The minimum absolute atomic E-state index is 0.487. The fourth-order valence-corrected chi connectivity index (χ4v) is 3.03. The first-order chi connectivity index (χ1) is 10.1. The van der Waals surface area contributed by atoms with Gasteiger partial charge >= 0.3 is 0 Å². The Morgan fingerprint density at radius 1 is 1.33 bits per heavy atom. The minimum atomic E-state index is 0.487. The lowest BCUT2D eigenvalue weighted by atomic mass is 10.3. The van der Waals surface area contributed by atoms with Gasteiger partial charge in [0, 0.05) is 16.7 Å². The highest BCUT2D eigenvalue weighted by Gasteiger charge is 2.29. The van der Waals surface area contributed by atoms with Crippen molar-refractivity contribution in [2.24, 2.45) is 0 Å². The van der Waals surface area contributed by atoms with Gasteiger partial charge < -0.3 is 10.6 Å². The lowest BCUT2D eigenvalue weighted by molar-refractivity contribution is 0.344. The smallest absolute Gasteiger partial charge is 0.209 e. The molecule has 1 fully saturated rings. The number of aromatic nitrogens is 3. The van der Waals surface area contributed by atoms with E-state index in [9.17, 15) is 0 Å². The van der Waals surface area contributed by atoms with E-state index in [4.69, 9.17) is 33.8 Å². The topological polar surface area (TPSA) is 66.0 Å². The largest absolute Gasteiger partial charge is 0.491 e. The predicted octanol–water partition coefficient (Wildman–Crippen LogP) is 3.35. The van der Waals surface area contributed by atoms with Crippen LogP contribution in [0.15, 0.2) is 23.4 Å². The molecule has 1 aliphatic rings. The average molecular weight is 345 g/mol. The maximum Gasteiger partial charge on any atom is 0.209 e. The van der Waals surface area contributed by atoms with Gasteiger partial charge in [-0.3, -0.25) is 0 Å². The summed E-state index contributed by atoms with van der Waals surface area (Å²) in [4.78, 5) is 0. The SMILES string of the molecule is Nn1c(SCCOc2ccc(Cl)cc2Cl)nnc1C1CC1.